The molecule has 1 saturated heterocycles. The van der Waals surface area contributed by atoms with Crippen LogP contribution >= 0.6 is 0 Å². The van der Waals surface area contributed by atoms with Crippen LogP contribution in [-0.2, 0) is 14.4 Å². The van der Waals surface area contributed by atoms with E-state index in [1.807, 2.05) is 13.0 Å². The number of carbonyl (C=O) groups excluding carboxylic acids is 3. The van der Waals surface area contributed by atoms with Crippen molar-refractivity contribution in [1.29, 1.82) is 0 Å². The van der Waals surface area contributed by atoms with Crippen LogP contribution in [0.15, 0.2) is 30.3 Å². The monoisotopic (exact) mass is 361 g/mol. The molecule has 3 amide bonds. The molecule has 26 heavy (non-hydrogen) atoms. The van der Waals surface area contributed by atoms with Gasteiger partial charge >= 0.3 is 11.8 Å². The number of piperazine rings is 1. The molecule has 7 heteroatoms. The molecular formula is C19H27N3O4. The molecular weight excluding hydrogens is 334 g/mol. The molecule has 1 aromatic rings. The number of unbranched alkanes of at least 4 members (excludes halogenated alkanes) is 1. The Labute approximate surface area is 154 Å². The van der Waals surface area contributed by atoms with Gasteiger partial charge in [0.2, 0.25) is 5.91 Å². The fourth-order valence-electron chi connectivity index (χ4n) is 3.06. The van der Waals surface area contributed by atoms with Crippen molar-refractivity contribution in [2.24, 2.45) is 0 Å². The average molecular weight is 361 g/mol. The zero-order valence-corrected chi connectivity index (χ0v) is 15.4. The summed E-state index contributed by atoms with van der Waals surface area (Å²) in [6, 6.07) is 8.11. The molecule has 7 nitrogen and oxygen atoms in total. The summed E-state index contributed by atoms with van der Waals surface area (Å²) in [7, 11) is 1.58. The first-order chi connectivity index (χ1) is 12.5. The number of hydrogen-bond donors (Lipinski definition) is 1. The van der Waals surface area contributed by atoms with Crippen LogP contribution in [0.1, 0.15) is 31.4 Å². The summed E-state index contributed by atoms with van der Waals surface area (Å²) in [5.74, 6) is -1.51. The molecule has 1 unspecified atom stereocenters. The van der Waals surface area contributed by atoms with E-state index in [1.54, 1.807) is 36.2 Å². The van der Waals surface area contributed by atoms with Gasteiger partial charge in [0.25, 0.3) is 0 Å². The Bertz CT molecular complexity index is 635. The number of amides is 3. The second-order valence-electron chi connectivity index (χ2n) is 6.44. The minimum Gasteiger partial charge on any atom is -0.395 e. The minimum atomic E-state index is -0.863. The van der Waals surface area contributed by atoms with Gasteiger partial charge in [-0.1, -0.05) is 43.7 Å². The molecule has 1 fully saturated rings. The van der Waals surface area contributed by atoms with Crippen molar-refractivity contribution < 1.29 is 19.5 Å². The van der Waals surface area contributed by atoms with Crippen molar-refractivity contribution in [2.75, 3.05) is 39.8 Å². The molecule has 0 saturated carbocycles. The number of benzene rings is 1. The third kappa shape index (κ3) is 4.40. The van der Waals surface area contributed by atoms with E-state index in [-0.39, 0.29) is 19.1 Å². The van der Waals surface area contributed by atoms with Crippen molar-refractivity contribution in [3.8, 4) is 0 Å². The topological polar surface area (TPSA) is 81.2 Å². The highest BCUT2D eigenvalue weighted by Gasteiger charge is 2.40. The Morgan fingerprint density at radius 1 is 1.19 bits per heavy atom. The van der Waals surface area contributed by atoms with Crippen LogP contribution < -0.4 is 0 Å². The summed E-state index contributed by atoms with van der Waals surface area (Å²) < 4.78 is 0. The number of aliphatic hydroxyl groups excluding tert-OH is 1. The highest BCUT2D eigenvalue weighted by molar-refractivity contribution is 6.35. The Kier molecular flexibility index (Phi) is 7.15. The maximum atomic E-state index is 12.9. The molecule has 1 aliphatic rings. The Hall–Kier alpha value is -2.41. The lowest BCUT2D eigenvalue weighted by molar-refractivity contribution is -0.161. The quantitative estimate of drug-likeness (QED) is 0.690. The van der Waals surface area contributed by atoms with Gasteiger partial charge < -0.3 is 19.8 Å². The Balaban J connectivity index is 2.27. The van der Waals surface area contributed by atoms with Crippen LogP contribution in [0.25, 0.3) is 0 Å². The van der Waals surface area contributed by atoms with E-state index in [2.05, 4.69) is 0 Å². The summed E-state index contributed by atoms with van der Waals surface area (Å²) in [5.41, 5.74) is 0.658. The average Bonchev–Trinajstić information content (AvgIpc) is 2.65. The van der Waals surface area contributed by atoms with Crippen LogP contribution in [0, 0.1) is 0 Å². The third-order valence-corrected chi connectivity index (χ3v) is 4.60. The van der Waals surface area contributed by atoms with Crippen molar-refractivity contribution in [3.05, 3.63) is 35.9 Å². The van der Waals surface area contributed by atoms with Crippen LogP contribution in [-0.4, -0.2) is 77.4 Å². The third-order valence-electron chi connectivity index (χ3n) is 4.60. The SMILES string of the molecule is CCCCN1CCN(C(C(=O)N(C)CCO)c2ccccc2)C(=O)C1=O. The summed E-state index contributed by atoms with van der Waals surface area (Å²) in [6.07, 6.45) is 1.79. The predicted molar refractivity (Wildman–Crippen MR) is 97.1 cm³/mol. The molecule has 0 aromatic heterocycles. The molecule has 0 aliphatic carbocycles. The zero-order chi connectivity index (χ0) is 19.1. The summed E-state index contributed by atoms with van der Waals surface area (Å²) in [4.78, 5) is 42.4. The number of rotatable bonds is 8. The molecule has 1 heterocycles. The zero-order valence-electron chi connectivity index (χ0n) is 15.4. The number of nitrogens with zero attached hydrogens (tertiary/aromatic N) is 3. The maximum Gasteiger partial charge on any atom is 0.313 e. The van der Waals surface area contributed by atoms with Gasteiger partial charge in [0, 0.05) is 33.2 Å². The molecule has 0 bridgehead atoms. The fourth-order valence-corrected chi connectivity index (χ4v) is 3.06. The summed E-state index contributed by atoms with van der Waals surface area (Å²) in [6.45, 7) is 3.33. The molecule has 1 N–H and O–H groups in total. The van der Waals surface area contributed by atoms with Crippen molar-refractivity contribution >= 4 is 17.7 Å². The van der Waals surface area contributed by atoms with Crippen LogP contribution in [0.2, 0.25) is 0 Å². The van der Waals surface area contributed by atoms with E-state index in [4.69, 9.17) is 5.11 Å². The van der Waals surface area contributed by atoms with E-state index in [1.165, 1.54) is 9.80 Å². The van der Waals surface area contributed by atoms with E-state index in [9.17, 15) is 14.4 Å². The minimum absolute atomic E-state index is 0.165. The number of hydrogen-bond acceptors (Lipinski definition) is 4. The lowest BCUT2D eigenvalue weighted by Crippen LogP contribution is -2.57. The Morgan fingerprint density at radius 3 is 2.50 bits per heavy atom. The van der Waals surface area contributed by atoms with Crippen molar-refractivity contribution in [1.82, 2.24) is 14.7 Å². The van der Waals surface area contributed by atoms with Gasteiger partial charge in [-0.15, -0.1) is 0 Å². The smallest absolute Gasteiger partial charge is 0.313 e. The molecule has 2 rings (SSSR count). The van der Waals surface area contributed by atoms with E-state index >= 15 is 0 Å². The summed E-state index contributed by atoms with van der Waals surface area (Å²) in [5, 5.41) is 9.12. The van der Waals surface area contributed by atoms with Gasteiger partial charge in [0.1, 0.15) is 6.04 Å². The Morgan fingerprint density at radius 2 is 1.88 bits per heavy atom. The van der Waals surface area contributed by atoms with Gasteiger partial charge in [-0.3, -0.25) is 14.4 Å². The number of carbonyl (C=O) groups is 3. The standard InChI is InChI=1S/C19H27N3O4/c1-3-4-10-21-11-12-22(19(26)18(21)25)16(15-8-6-5-7-9-15)17(24)20(2)13-14-23/h5-9,16,23H,3-4,10-14H2,1-2H3. The molecule has 0 spiro atoms. The molecule has 1 aliphatic heterocycles. The first-order valence-corrected chi connectivity index (χ1v) is 9.01. The highest BCUT2D eigenvalue weighted by Crippen LogP contribution is 2.25. The molecule has 142 valence electrons. The van der Waals surface area contributed by atoms with Gasteiger partial charge in [-0.2, -0.15) is 0 Å². The molecule has 0 radical (unpaired) electrons. The van der Waals surface area contributed by atoms with Crippen LogP contribution in [0.5, 0.6) is 0 Å². The first-order valence-electron chi connectivity index (χ1n) is 9.01. The largest absolute Gasteiger partial charge is 0.395 e. The molecule has 1 aromatic carbocycles. The summed E-state index contributed by atoms with van der Waals surface area (Å²) >= 11 is 0. The van der Waals surface area contributed by atoms with E-state index < -0.39 is 17.9 Å². The van der Waals surface area contributed by atoms with Crippen LogP contribution in [0.3, 0.4) is 0 Å². The highest BCUT2D eigenvalue weighted by atomic mass is 16.3. The molecule has 1 atom stereocenters. The first kappa shape index (κ1) is 19.9. The predicted octanol–water partition coefficient (Wildman–Crippen LogP) is 0.649. The van der Waals surface area contributed by atoms with Crippen molar-refractivity contribution in [3.63, 3.8) is 0 Å². The maximum absolute atomic E-state index is 12.9. The number of aliphatic hydroxyl groups is 1. The lowest BCUT2D eigenvalue weighted by Gasteiger charge is -2.39. The van der Waals surface area contributed by atoms with Gasteiger partial charge in [0.05, 0.1) is 6.61 Å². The van der Waals surface area contributed by atoms with Crippen molar-refractivity contribution in [2.45, 2.75) is 25.8 Å². The van der Waals surface area contributed by atoms with Gasteiger partial charge in [0.15, 0.2) is 0 Å². The van der Waals surface area contributed by atoms with Gasteiger partial charge in [-0.25, -0.2) is 0 Å². The normalized spacial score (nSPS) is 16.0. The van der Waals surface area contributed by atoms with Gasteiger partial charge in [-0.05, 0) is 12.0 Å². The van der Waals surface area contributed by atoms with E-state index in [0.717, 1.165) is 12.8 Å². The van der Waals surface area contributed by atoms with E-state index in [0.29, 0.717) is 25.2 Å². The second kappa shape index (κ2) is 9.33. The second-order valence-corrected chi connectivity index (χ2v) is 6.44. The number of likely N-dealkylation sites (N-methyl/N-ethyl adjacent to an activating group) is 1. The lowest BCUT2D eigenvalue weighted by atomic mass is 10.0. The van der Waals surface area contributed by atoms with Crippen LogP contribution in [0.4, 0.5) is 0 Å². The fraction of sp³-hybridized carbons (Fsp3) is 0.526.